The summed E-state index contributed by atoms with van der Waals surface area (Å²) in [6.07, 6.45) is 2.63. The molecule has 0 radical (unpaired) electrons. The third kappa shape index (κ3) is 2.79. The molecule has 4 nitrogen and oxygen atoms in total. The van der Waals surface area contributed by atoms with Crippen molar-refractivity contribution < 1.29 is 5.11 Å². The van der Waals surface area contributed by atoms with E-state index in [0.29, 0.717) is 0 Å². The highest BCUT2D eigenvalue weighted by atomic mass is 16.3. The number of rotatable bonds is 4. The molecule has 2 heterocycles. The van der Waals surface area contributed by atoms with Crippen molar-refractivity contribution >= 4 is 5.65 Å². The molecule has 0 unspecified atom stereocenters. The van der Waals surface area contributed by atoms with Gasteiger partial charge in [-0.05, 0) is 23.3 Å². The van der Waals surface area contributed by atoms with Gasteiger partial charge < -0.3 is 5.11 Å². The van der Waals surface area contributed by atoms with Gasteiger partial charge in [0, 0.05) is 12.0 Å². The number of aliphatic hydroxyl groups excluding tert-OH is 1. The van der Waals surface area contributed by atoms with Crippen LogP contribution in [-0.4, -0.2) is 19.7 Å². The second-order valence-corrected chi connectivity index (χ2v) is 5.76. The number of aromatic nitrogens is 3. The number of benzene rings is 2. The lowest BCUT2D eigenvalue weighted by atomic mass is 10.1. The lowest BCUT2D eigenvalue weighted by molar-refractivity contribution is 0.282. The van der Waals surface area contributed by atoms with Crippen LogP contribution in [-0.2, 0) is 13.0 Å². The minimum Gasteiger partial charge on any atom is -0.392 e. The van der Waals surface area contributed by atoms with Gasteiger partial charge >= 0.3 is 0 Å². The third-order valence-electron chi connectivity index (χ3n) is 4.08. The van der Waals surface area contributed by atoms with Crippen LogP contribution in [0, 0.1) is 0 Å². The smallest absolute Gasteiger partial charge is 0.154 e. The fourth-order valence-electron chi connectivity index (χ4n) is 2.79. The Balaban J connectivity index is 1.72. The number of aliphatic hydroxyl groups is 1. The average Bonchev–Trinajstić information content (AvgIpc) is 3.06. The highest BCUT2D eigenvalue weighted by Crippen LogP contribution is 2.21. The van der Waals surface area contributed by atoms with E-state index in [1.54, 1.807) is 0 Å². The van der Waals surface area contributed by atoms with Gasteiger partial charge in [-0.3, -0.25) is 0 Å². The molecule has 118 valence electrons. The lowest BCUT2D eigenvalue weighted by Gasteiger charge is -2.05. The first-order valence-electron chi connectivity index (χ1n) is 7.91. The topological polar surface area (TPSA) is 50.4 Å². The molecule has 0 atom stereocenters. The van der Waals surface area contributed by atoms with Crippen molar-refractivity contribution in [1.29, 1.82) is 0 Å². The van der Waals surface area contributed by atoms with Crippen molar-refractivity contribution in [1.82, 2.24) is 14.6 Å². The molecule has 4 rings (SSSR count). The summed E-state index contributed by atoms with van der Waals surface area (Å²) >= 11 is 0. The predicted octanol–water partition coefficient (Wildman–Crippen LogP) is 3.48. The average molecular weight is 315 g/mol. The van der Waals surface area contributed by atoms with Gasteiger partial charge in [-0.2, -0.15) is 5.10 Å². The number of fused-ring (bicyclic) bond motifs is 1. The molecule has 0 saturated heterocycles. The molecule has 0 fully saturated rings. The first-order chi connectivity index (χ1) is 11.8. The third-order valence-corrected chi connectivity index (χ3v) is 4.08. The Morgan fingerprint density at radius 3 is 2.38 bits per heavy atom. The van der Waals surface area contributed by atoms with Gasteiger partial charge in [0.15, 0.2) is 5.65 Å². The van der Waals surface area contributed by atoms with Crippen LogP contribution in [0.15, 0.2) is 72.9 Å². The molecule has 1 N–H and O–H groups in total. The second kappa shape index (κ2) is 6.26. The summed E-state index contributed by atoms with van der Waals surface area (Å²) in [5.41, 5.74) is 5.94. The minimum absolute atomic E-state index is 0.0485. The van der Waals surface area contributed by atoms with Gasteiger partial charge in [0.25, 0.3) is 0 Å². The van der Waals surface area contributed by atoms with Gasteiger partial charge in [-0.1, -0.05) is 54.6 Å². The molecule has 0 spiro atoms. The Morgan fingerprint density at radius 2 is 1.62 bits per heavy atom. The van der Waals surface area contributed by atoms with Gasteiger partial charge in [0.05, 0.1) is 24.2 Å². The zero-order chi connectivity index (χ0) is 16.4. The Morgan fingerprint density at radius 1 is 0.833 bits per heavy atom. The molecule has 0 saturated carbocycles. The Labute approximate surface area is 140 Å². The summed E-state index contributed by atoms with van der Waals surface area (Å²) in [5, 5.41) is 13.9. The van der Waals surface area contributed by atoms with Crippen molar-refractivity contribution in [2.24, 2.45) is 0 Å². The van der Waals surface area contributed by atoms with Crippen molar-refractivity contribution in [3.8, 4) is 11.3 Å². The van der Waals surface area contributed by atoms with Crippen LogP contribution in [0.4, 0.5) is 0 Å². The highest BCUT2D eigenvalue weighted by Gasteiger charge is 2.08. The van der Waals surface area contributed by atoms with Crippen molar-refractivity contribution in [2.45, 2.75) is 13.0 Å². The van der Waals surface area contributed by atoms with Gasteiger partial charge in [-0.25, -0.2) is 9.50 Å². The fraction of sp³-hybridized carbons (Fsp3) is 0.100. The summed E-state index contributed by atoms with van der Waals surface area (Å²) in [7, 11) is 0. The lowest BCUT2D eigenvalue weighted by Crippen LogP contribution is -2.00. The highest BCUT2D eigenvalue weighted by molar-refractivity contribution is 5.63. The van der Waals surface area contributed by atoms with Crippen LogP contribution in [0.5, 0.6) is 0 Å². The number of nitrogens with zero attached hydrogens (tertiary/aromatic N) is 3. The maximum absolute atomic E-state index is 9.18. The van der Waals surface area contributed by atoms with E-state index in [0.717, 1.165) is 34.6 Å². The molecule has 2 aromatic carbocycles. The summed E-state index contributed by atoms with van der Waals surface area (Å²) in [6.45, 7) is 0.0485. The predicted molar refractivity (Wildman–Crippen MR) is 93.6 cm³/mol. The molecule has 0 aliphatic rings. The molecular formula is C20H17N3O. The van der Waals surface area contributed by atoms with E-state index in [1.165, 1.54) is 5.56 Å². The van der Waals surface area contributed by atoms with Crippen molar-refractivity contribution in [2.75, 3.05) is 0 Å². The minimum atomic E-state index is 0.0485. The van der Waals surface area contributed by atoms with E-state index in [-0.39, 0.29) is 6.61 Å². The van der Waals surface area contributed by atoms with E-state index >= 15 is 0 Å². The molecule has 0 aliphatic carbocycles. The number of hydrogen-bond acceptors (Lipinski definition) is 3. The largest absolute Gasteiger partial charge is 0.392 e. The molecule has 0 bridgehead atoms. The first kappa shape index (κ1) is 14.6. The number of hydrogen-bond donors (Lipinski definition) is 1. The van der Waals surface area contributed by atoms with Crippen LogP contribution in [0.25, 0.3) is 16.9 Å². The molecule has 2 aromatic heterocycles. The molecule has 4 aromatic rings. The van der Waals surface area contributed by atoms with E-state index in [2.05, 4.69) is 17.1 Å². The SMILES string of the molecule is OCc1ccc(-c2cnc3ccc(Cc4ccccc4)nn23)cc1. The Kier molecular flexibility index (Phi) is 3.81. The van der Waals surface area contributed by atoms with E-state index in [9.17, 15) is 5.11 Å². The monoisotopic (exact) mass is 315 g/mol. The Bertz CT molecular complexity index is 959. The van der Waals surface area contributed by atoms with E-state index in [1.807, 2.05) is 65.3 Å². The van der Waals surface area contributed by atoms with Crippen LogP contribution >= 0.6 is 0 Å². The Hall–Kier alpha value is -2.98. The maximum Gasteiger partial charge on any atom is 0.154 e. The normalized spacial score (nSPS) is 11.0. The summed E-state index contributed by atoms with van der Waals surface area (Å²) in [5.74, 6) is 0. The quantitative estimate of drug-likeness (QED) is 0.627. The van der Waals surface area contributed by atoms with Crippen LogP contribution in [0.2, 0.25) is 0 Å². The van der Waals surface area contributed by atoms with Gasteiger partial charge in [-0.15, -0.1) is 0 Å². The zero-order valence-electron chi connectivity index (χ0n) is 13.1. The zero-order valence-corrected chi connectivity index (χ0v) is 13.1. The maximum atomic E-state index is 9.18. The van der Waals surface area contributed by atoms with Crippen LogP contribution in [0.1, 0.15) is 16.8 Å². The molecule has 0 aliphatic heterocycles. The fourth-order valence-corrected chi connectivity index (χ4v) is 2.79. The van der Waals surface area contributed by atoms with E-state index in [4.69, 9.17) is 5.10 Å². The summed E-state index contributed by atoms with van der Waals surface area (Å²) in [4.78, 5) is 4.44. The summed E-state index contributed by atoms with van der Waals surface area (Å²) in [6, 6.07) is 22.1. The van der Waals surface area contributed by atoms with Crippen molar-refractivity contribution in [3.63, 3.8) is 0 Å². The molecule has 24 heavy (non-hydrogen) atoms. The van der Waals surface area contributed by atoms with Crippen LogP contribution in [0.3, 0.4) is 0 Å². The first-order valence-corrected chi connectivity index (χ1v) is 7.91. The molecule has 4 heteroatoms. The van der Waals surface area contributed by atoms with Crippen LogP contribution < -0.4 is 0 Å². The number of imidazole rings is 1. The standard InChI is InChI=1S/C20H17N3O/c24-14-16-6-8-17(9-7-16)19-13-21-20-11-10-18(22-23(19)20)12-15-4-2-1-3-5-15/h1-11,13,24H,12,14H2. The van der Waals surface area contributed by atoms with Gasteiger partial charge in [0.2, 0.25) is 0 Å². The molecule has 0 amide bonds. The van der Waals surface area contributed by atoms with E-state index < -0.39 is 0 Å². The van der Waals surface area contributed by atoms with Crippen molar-refractivity contribution in [3.05, 3.63) is 89.7 Å². The molecular weight excluding hydrogens is 298 g/mol. The summed E-state index contributed by atoms with van der Waals surface area (Å²) < 4.78 is 1.88. The second-order valence-electron chi connectivity index (χ2n) is 5.76. The van der Waals surface area contributed by atoms with Gasteiger partial charge in [0.1, 0.15) is 0 Å².